The molecule has 2 rings (SSSR count). The number of pyridine rings is 1. The van der Waals surface area contributed by atoms with Gasteiger partial charge < -0.3 is 10.1 Å². The van der Waals surface area contributed by atoms with Gasteiger partial charge in [-0.15, -0.1) is 0 Å². The molecule has 0 radical (unpaired) electrons. The fraction of sp³-hybridized carbons (Fsp3) is 0.545. The molecule has 0 spiro atoms. The predicted molar refractivity (Wildman–Crippen MR) is 56.6 cm³/mol. The lowest BCUT2D eigenvalue weighted by molar-refractivity contribution is 0.201. The molecule has 0 aromatic carbocycles. The summed E-state index contributed by atoms with van der Waals surface area (Å²) in [6.07, 6.45) is 3.26. The summed E-state index contributed by atoms with van der Waals surface area (Å²) in [6.45, 7) is 1.79. The van der Waals surface area contributed by atoms with Crippen LogP contribution in [0.2, 0.25) is 0 Å². The molecule has 0 saturated heterocycles. The smallest absolute Gasteiger partial charge is 0.129 e. The van der Waals surface area contributed by atoms with E-state index >= 15 is 0 Å². The maximum absolute atomic E-state index is 5.03. The van der Waals surface area contributed by atoms with Crippen LogP contribution in [0, 0.1) is 0 Å². The fourth-order valence-corrected chi connectivity index (χ4v) is 1.71. The van der Waals surface area contributed by atoms with E-state index in [9.17, 15) is 0 Å². The Labute approximate surface area is 84.5 Å². The molecule has 1 aliphatic heterocycles. The van der Waals surface area contributed by atoms with Crippen molar-refractivity contribution < 1.29 is 4.74 Å². The molecule has 0 atom stereocenters. The van der Waals surface area contributed by atoms with E-state index in [4.69, 9.17) is 4.74 Å². The van der Waals surface area contributed by atoms with Crippen molar-refractivity contribution in [2.75, 3.05) is 25.6 Å². The van der Waals surface area contributed by atoms with Crippen molar-refractivity contribution in [2.24, 2.45) is 0 Å². The summed E-state index contributed by atoms with van der Waals surface area (Å²) >= 11 is 0. The summed E-state index contributed by atoms with van der Waals surface area (Å²) < 4.78 is 5.03. The summed E-state index contributed by atoms with van der Waals surface area (Å²) in [5, 5.41) is 3.33. The van der Waals surface area contributed by atoms with E-state index in [0.29, 0.717) is 0 Å². The van der Waals surface area contributed by atoms with Crippen molar-refractivity contribution in [3.05, 3.63) is 23.4 Å². The lowest BCUT2D eigenvalue weighted by atomic mass is 10.1. The fourth-order valence-electron chi connectivity index (χ4n) is 1.71. The summed E-state index contributed by atoms with van der Waals surface area (Å²) in [6, 6.07) is 4.28. The van der Waals surface area contributed by atoms with Gasteiger partial charge in [-0.3, -0.25) is 0 Å². The number of methoxy groups -OCH3 is 1. The Morgan fingerprint density at radius 1 is 1.50 bits per heavy atom. The van der Waals surface area contributed by atoms with Crippen LogP contribution >= 0.6 is 0 Å². The third kappa shape index (κ3) is 2.04. The monoisotopic (exact) mass is 192 g/mol. The van der Waals surface area contributed by atoms with Crippen molar-refractivity contribution in [1.29, 1.82) is 0 Å². The van der Waals surface area contributed by atoms with Crippen LogP contribution in [0.1, 0.15) is 17.7 Å². The number of hydrogen-bond acceptors (Lipinski definition) is 3. The number of hydrogen-bond donors (Lipinski definition) is 1. The van der Waals surface area contributed by atoms with E-state index in [1.54, 1.807) is 7.11 Å². The van der Waals surface area contributed by atoms with Gasteiger partial charge >= 0.3 is 0 Å². The summed E-state index contributed by atoms with van der Waals surface area (Å²) in [5.74, 6) is 1.07. The molecule has 2 heterocycles. The molecule has 1 aromatic rings. The highest BCUT2D eigenvalue weighted by atomic mass is 16.5. The zero-order valence-corrected chi connectivity index (χ0v) is 8.55. The molecule has 1 N–H and O–H groups in total. The minimum atomic E-state index is 0.742. The summed E-state index contributed by atoms with van der Waals surface area (Å²) in [5.41, 5.74) is 2.46. The molecule has 3 heteroatoms. The summed E-state index contributed by atoms with van der Waals surface area (Å²) in [4.78, 5) is 4.56. The number of nitrogens with zero attached hydrogens (tertiary/aromatic N) is 1. The highest BCUT2D eigenvalue weighted by Crippen LogP contribution is 2.19. The molecular formula is C11H16N2O. The SMILES string of the molecule is COCCc1ccc2c(n1)NCCC2. The Kier molecular flexibility index (Phi) is 2.99. The van der Waals surface area contributed by atoms with E-state index < -0.39 is 0 Å². The van der Waals surface area contributed by atoms with Crippen LogP contribution in [0.4, 0.5) is 5.82 Å². The molecule has 76 valence electrons. The van der Waals surface area contributed by atoms with Crippen LogP contribution in [0.5, 0.6) is 0 Å². The average Bonchev–Trinajstić information content (AvgIpc) is 2.26. The molecule has 0 saturated carbocycles. The largest absolute Gasteiger partial charge is 0.384 e. The van der Waals surface area contributed by atoms with Crippen molar-refractivity contribution >= 4 is 5.82 Å². The molecule has 3 nitrogen and oxygen atoms in total. The second-order valence-corrected chi connectivity index (χ2v) is 3.58. The maximum Gasteiger partial charge on any atom is 0.129 e. The highest BCUT2D eigenvalue weighted by molar-refractivity contribution is 5.46. The third-order valence-corrected chi connectivity index (χ3v) is 2.51. The first-order chi connectivity index (χ1) is 6.90. The van der Waals surface area contributed by atoms with Gasteiger partial charge in [-0.2, -0.15) is 0 Å². The lowest BCUT2D eigenvalue weighted by Crippen LogP contribution is -2.14. The van der Waals surface area contributed by atoms with Gasteiger partial charge in [0, 0.05) is 25.8 Å². The molecule has 0 unspecified atom stereocenters. The topological polar surface area (TPSA) is 34.1 Å². The van der Waals surface area contributed by atoms with Crippen LogP contribution in [0.3, 0.4) is 0 Å². The standard InChI is InChI=1S/C11H16N2O/c1-14-8-6-10-5-4-9-3-2-7-12-11(9)13-10/h4-5H,2-3,6-8H2,1H3,(H,12,13). The number of anilines is 1. The lowest BCUT2D eigenvalue weighted by Gasteiger charge is -2.17. The number of ether oxygens (including phenoxy) is 1. The van der Waals surface area contributed by atoms with Gasteiger partial charge in [0.15, 0.2) is 0 Å². The van der Waals surface area contributed by atoms with Gasteiger partial charge in [-0.05, 0) is 24.5 Å². The first-order valence-electron chi connectivity index (χ1n) is 5.12. The Balaban J connectivity index is 2.12. The Morgan fingerprint density at radius 2 is 2.43 bits per heavy atom. The van der Waals surface area contributed by atoms with Crippen molar-refractivity contribution in [2.45, 2.75) is 19.3 Å². The third-order valence-electron chi connectivity index (χ3n) is 2.51. The average molecular weight is 192 g/mol. The van der Waals surface area contributed by atoms with Gasteiger partial charge in [-0.25, -0.2) is 4.98 Å². The maximum atomic E-state index is 5.03. The number of nitrogens with one attached hydrogen (secondary N) is 1. The highest BCUT2D eigenvalue weighted by Gasteiger charge is 2.09. The van der Waals surface area contributed by atoms with Crippen LogP contribution in [0.15, 0.2) is 12.1 Å². The van der Waals surface area contributed by atoms with E-state index in [-0.39, 0.29) is 0 Å². The van der Waals surface area contributed by atoms with Crippen molar-refractivity contribution in [1.82, 2.24) is 4.98 Å². The second-order valence-electron chi connectivity index (χ2n) is 3.58. The molecular weight excluding hydrogens is 176 g/mol. The van der Waals surface area contributed by atoms with Gasteiger partial charge in [0.25, 0.3) is 0 Å². The molecule has 0 bridgehead atoms. The number of rotatable bonds is 3. The number of aryl methyl sites for hydroxylation is 1. The van der Waals surface area contributed by atoms with Crippen LogP contribution in [0.25, 0.3) is 0 Å². The van der Waals surface area contributed by atoms with Crippen molar-refractivity contribution in [3.8, 4) is 0 Å². The predicted octanol–water partition coefficient (Wildman–Crippen LogP) is 1.63. The van der Waals surface area contributed by atoms with E-state index in [1.807, 2.05) is 0 Å². The molecule has 1 aromatic heterocycles. The van der Waals surface area contributed by atoms with E-state index in [1.165, 1.54) is 12.0 Å². The Bertz CT molecular complexity index is 312. The molecule has 0 fully saturated rings. The zero-order chi connectivity index (χ0) is 9.80. The van der Waals surface area contributed by atoms with Gasteiger partial charge in [0.2, 0.25) is 0 Å². The second kappa shape index (κ2) is 4.42. The number of aromatic nitrogens is 1. The normalized spacial score (nSPS) is 14.6. The zero-order valence-electron chi connectivity index (χ0n) is 8.55. The van der Waals surface area contributed by atoms with Gasteiger partial charge in [0.05, 0.1) is 6.61 Å². The molecule has 0 aliphatic carbocycles. The Morgan fingerprint density at radius 3 is 3.29 bits per heavy atom. The quantitative estimate of drug-likeness (QED) is 0.790. The van der Waals surface area contributed by atoms with Gasteiger partial charge in [-0.1, -0.05) is 6.07 Å². The minimum absolute atomic E-state index is 0.742. The van der Waals surface area contributed by atoms with Crippen LogP contribution < -0.4 is 5.32 Å². The van der Waals surface area contributed by atoms with E-state index in [2.05, 4.69) is 22.4 Å². The molecule has 0 amide bonds. The number of fused-ring (bicyclic) bond motifs is 1. The molecule has 1 aliphatic rings. The van der Waals surface area contributed by atoms with Crippen molar-refractivity contribution in [3.63, 3.8) is 0 Å². The van der Waals surface area contributed by atoms with E-state index in [0.717, 1.165) is 37.5 Å². The first-order valence-corrected chi connectivity index (χ1v) is 5.12. The van der Waals surface area contributed by atoms with Crippen LogP contribution in [-0.2, 0) is 17.6 Å². The Hall–Kier alpha value is -1.09. The van der Waals surface area contributed by atoms with Crippen LogP contribution in [-0.4, -0.2) is 25.2 Å². The first kappa shape index (κ1) is 9.46. The molecule has 14 heavy (non-hydrogen) atoms. The summed E-state index contributed by atoms with van der Waals surface area (Å²) in [7, 11) is 1.72. The minimum Gasteiger partial charge on any atom is -0.384 e. The van der Waals surface area contributed by atoms with Gasteiger partial charge in [0.1, 0.15) is 5.82 Å².